The smallest absolute Gasteiger partial charge is 0.337 e. The van der Waals surface area contributed by atoms with Crippen molar-refractivity contribution in [1.82, 2.24) is 0 Å². The van der Waals surface area contributed by atoms with Gasteiger partial charge in [-0.05, 0) is 65.7 Å². The average Bonchev–Trinajstić information content (AvgIpc) is 3.15. The molecule has 166 valence electrons. The summed E-state index contributed by atoms with van der Waals surface area (Å²) in [5.41, 5.74) is 3.34. The van der Waals surface area contributed by atoms with Gasteiger partial charge >= 0.3 is 5.97 Å². The Morgan fingerprint density at radius 3 is 2.27 bits per heavy atom. The number of anilines is 1. The van der Waals surface area contributed by atoms with Crippen LogP contribution < -0.4 is 9.64 Å². The minimum absolute atomic E-state index is 0.278. The first-order chi connectivity index (χ1) is 15.9. The van der Waals surface area contributed by atoms with E-state index in [1.165, 1.54) is 12.0 Å². The molecule has 7 heteroatoms. The molecule has 0 saturated heterocycles. The Morgan fingerprint density at radius 1 is 0.939 bits per heavy atom. The van der Waals surface area contributed by atoms with Crippen LogP contribution in [-0.4, -0.2) is 26.1 Å². The summed E-state index contributed by atoms with van der Waals surface area (Å²) in [6.07, 6.45) is 3.58. The summed E-state index contributed by atoms with van der Waals surface area (Å²) in [4.78, 5) is 27.2. The fourth-order valence-electron chi connectivity index (χ4n) is 3.50. The molecule has 3 aromatic carbocycles. The fourth-order valence-corrected chi connectivity index (χ4v) is 3.82. The second-order valence-corrected chi connectivity index (χ2v) is 8.05. The van der Waals surface area contributed by atoms with Gasteiger partial charge in [0.05, 0.1) is 36.2 Å². The number of ether oxygens (including phenoxy) is 2. The van der Waals surface area contributed by atoms with Crippen LogP contribution in [0.1, 0.15) is 21.5 Å². The molecule has 0 spiro atoms. The highest BCUT2D eigenvalue weighted by atomic mass is 35.5. The molecule has 1 heterocycles. The van der Waals surface area contributed by atoms with E-state index in [4.69, 9.17) is 32.7 Å². The van der Waals surface area contributed by atoms with Gasteiger partial charge in [-0.15, -0.1) is 0 Å². The first kappa shape index (κ1) is 22.6. The Labute approximate surface area is 201 Å². The molecule has 3 aromatic rings. The molecule has 0 bridgehead atoms. The molecule has 33 heavy (non-hydrogen) atoms. The normalized spacial score (nSPS) is 14.4. The molecule has 0 fully saturated rings. The number of methoxy groups -OCH3 is 2. The van der Waals surface area contributed by atoms with Crippen LogP contribution in [-0.2, 0) is 9.53 Å². The van der Waals surface area contributed by atoms with E-state index in [1.54, 1.807) is 49.6 Å². The second kappa shape index (κ2) is 9.53. The number of nitrogens with zero attached hydrogens (tertiary/aromatic N) is 1. The maximum atomic E-state index is 13.6. The Balaban J connectivity index is 1.84. The van der Waals surface area contributed by atoms with Crippen molar-refractivity contribution >= 4 is 52.5 Å². The molecule has 0 radical (unpaired) electrons. The molecule has 0 atom stereocenters. The van der Waals surface area contributed by atoms with E-state index >= 15 is 0 Å². The van der Waals surface area contributed by atoms with E-state index in [0.29, 0.717) is 27.0 Å². The van der Waals surface area contributed by atoms with Crippen molar-refractivity contribution in [2.45, 2.75) is 0 Å². The largest absolute Gasteiger partial charge is 0.497 e. The summed E-state index contributed by atoms with van der Waals surface area (Å²) in [5, 5.41) is 0.900. The number of hydrogen-bond acceptors (Lipinski definition) is 4. The van der Waals surface area contributed by atoms with Crippen molar-refractivity contribution in [2.75, 3.05) is 19.1 Å². The van der Waals surface area contributed by atoms with Crippen molar-refractivity contribution in [3.05, 3.63) is 105 Å². The maximum Gasteiger partial charge on any atom is 0.337 e. The van der Waals surface area contributed by atoms with Crippen LogP contribution in [0, 0.1) is 0 Å². The van der Waals surface area contributed by atoms with Gasteiger partial charge in [-0.1, -0.05) is 47.5 Å². The van der Waals surface area contributed by atoms with Crippen LogP contribution in [0.25, 0.3) is 11.8 Å². The van der Waals surface area contributed by atoms with Crippen LogP contribution in [0.15, 0.2) is 78.4 Å². The summed E-state index contributed by atoms with van der Waals surface area (Å²) in [6, 6.07) is 19.2. The fraction of sp³-hybridized carbons (Fsp3) is 0.0769. The summed E-state index contributed by atoms with van der Waals surface area (Å²) >= 11 is 12.5. The molecule has 0 N–H and O–H groups in total. The lowest BCUT2D eigenvalue weighted by molar-refractivity contribution is -0.113. The van der Waals surface area contributed by atoms with Gasteiger partial charge < -0.3 is 9.47 Å². The highest BCUT2D eigenvalue weighted by Crippen LogP contribution is 2.39. The van der Waals surface area contributed by atoms with E-state index in [1.807, 2.05) is 36.4 Å². The van der Waals surface area contributed by atoms with Crippen LogP contribution in [0.3, 0.4) is 0 Å². The van der Waals surface area contributed by atoms with Gasteiger partial charge in [0.1, 0.15) is 5.75 Å². The quantitative estimate of drug-likeness (QED) is 0.320. The summed E-state index contributed by atoms with van der Waals surface area (Å²) in [6.45, 7) is 0. The van der Waals surface area contributed by atoms with E-state index in [9.17, 15) is 9.59 Å². The number of halogens is 2. The summed E-state index contributed by atoms with van der Waals surface area (Å²) < 4.78 is 10.0. The lowest BCUT2D eigenvalue weighted by Crippen LogP contribution is -2.25. The van der Waals surface area contributed by atoms with E-state index in [-0.39, 0.29) is 11.5 Å². The first-order valence-corrected chi connectivity index (χ1v) is 10.7. The monoisotopic (exact) mass is 479 g/mol. The minimum atomic E-state index is -0.523. The van der Waals surface area contributed by atoms with Crippen molar-refractivity contribution in [2.24, 2.45) is 0 Å². The van der Waals surface area contributed by atoms with Crippen molar-refractivity contribution in [3.63, 3.8) is 0 Å². The van der Waals surface area contributed by atoms with E-state index < -0.39 is 5.97 Å². The number of amides is 1. The Hall–Kier alpha value is -3.54. The Bertz CT molecular complexity index is 1280. The third-order valence-electron chi connectivity index (χ3n) is 5.17. The van der Waals surface area contributed by atoms with Crippen molar-refractivity contribution in [3.8, 4) is 5.75 Å². The lowest BCUT2D eigenvalue weighted by atomic mass is 10.1. The van der Waals surface area contributed by atoms with Gasteiger partial charge in [0, 0.05) is 10.6 Å². The third-order valence-corrected chi connectivity index (χ3v) is 5.74. The molecule has 0 unspecified atom stereocenters. The molecular formula is C26H19Cl2NO4. The molecular weight excluding hydrogens is 461 g/mol. The number of benzene rings is 3. The van der Waals surface area contributed by atoms with Crippen LogP contribution >= 0.6 is 23.2 Å². The Kier molecular flexibility index (Phi) is 6.54. The van der Waals surface area contributed by atoms with Crippen molar-refractivity contribution < 1.29 is 19.1 Å². The SMILES string of the molecule is COC(=O)c1ccc(Cl)c(N2C(=O)/C(=C\c3ccc(OC)cc3)C=C2c2ccc(Cl)cc2)c1. The number of carbonyl (C=O) groups excluding carboxylic acids is 2. The zero-order chi connectivity index (χ0) is 23.5. The summed E-state index contributed by atoms with van der Waals surface area (Å²) in [7, 11) is 2.89. The van der Waals surface area contributed by atoms with Gasteiger partial charge in [0.2, 0.25) is 0 Å². The van der Waals surface area contributed by atoms with Crippen LogP contribution in [0.4, 0.5) is 5.69 Å². The molecule has 1 aliphatic heterocycles. The molecule has 1 amide bonds. The molecule has 0 aromatic heterocycles. The zero-order valence-corrected chi connectivity index (χ0v) is 19.4. The number of carbonyl (C=O) groups is 2. The highest BCUT2D eigenvalue weighted by Gasteiger charge is 2.32. The van der Waals surface area contributed by atoms with Gasteiger partial charge in [0.25, 0.3) is 5.91 Å². The van der Waals surface area contributed by atoms with E-state index in [0.717, 1.165) is 16.9 Å². The average molecular weight is 480 g/mol. The summed E-state index contributed by atoms with van der Waals surface area (Å²) in [5.74, 6) is -0.0782. The molecule has 0 saturated carbocycles. The van der Waals surface area contributed by atoms with Gasteiger partial charge in [-0.2, -0.15) is 0 Å². The first-order valence-electron chi connectivity index (χ1n) is 9.97. The topological polar surface area (TPSA) is 55.8 Å². The minimum Gasteiger partial charge on any atom is -0.497 e. The van der Waals surface area contributed by atoms with Gasteiger partial charge in [0.15, 0.2) is 0 Å². The number of esters is 1. The van der Waals surface area contributed by atoms with Gasteiger partial charge in [-0.3, -0.25) is 9.69 Å². The molecule has 0 aliphatic carbocycles. The predicted molar refractivity (Wildman–Crippen MR) is 131 cm³/mol. The highest BCUT2D eigenvalue weighted by molar-refractivity contribution is 6.36. The number of hydrogen-bond donors (Lipinski definition) is 0. The molecule has 4 rings (SSSR count). The zero-order valence-electron chi connectivity index (χ0n) is 17.8. The second-order valence-electron chi connectivity index (χ2n) is 7.21. The lowest BCUT2D eigenvalue weighted by Gasteiger charge is -2.22. The third kappa shape index (κ3) is 4.65. The number of rotatable bonds is 5. The molecule has 1 aliphatic rings. The van der Waals surface area contributed by atoms with Gasteiger partial charge in [-0.25, -0.2) is 4.79 Å². The van der Waals surface area contributed by atoms with E-state index in [2.05, 4.69) is 0 Å². The van der Waals surface area contributed by atoms with Crippen molar-refractivity contribution in [1.29, 1.82) is 0 Å². The Morgan fingerprint density at radius 2 is 1.64 bits per heavy atom. The standard InChI is InChI=1S/C26H19Cl2NO4/c1-32-21-10-3-16(4-11-21)13-19-15-23(17-5-8-20(27)9-6-17)29(25(19)30)24-14-18(26(31)33-2)7-12-22(24)28/h3-15H,1-2H3/b19-13-. The predicted octanol–water partition coefficient (Wildman–Crippen LogP) is 6.26. The maximum absolute atomic E-state index is 13.6. The van der Waals surface area contributed by atoms with Crippen LogP contribution in [0.2, 0.25) is 10.0 Å². The van der Waals surface area contributed by atoms with Crippen LogP contribution in [0.5, 0.6) is 5.75 Å². The molecule has 5 nitrogen and oxygen atoms in total.